The van der Waals surface area contributed by atoms with E-state index in [-0.39, 0.29) is 17.7 Å². The number of aromatic nitrogens is 1. The van der Waals surface area contributed by atoms with Gasteiger partial charge in [-0.3, -0.25) is 9.59 Å². The van der Waals surface area contributed by atoms with Crippen LogP contribution in [0.25, 0.3) is 11.1 Å². The zero-order chi connectivity index (χ0) is 31.6. The number of carbonyl (C=O) groups is 2. The van der Waals surface area contributed by atoms with Crippen LogP contribution >= 0.6 is 0 Å². The largest absolute Gasteiger partial charge is 0.588 e. The van der Waals surface area contributed by atoms with Crippen LogP contribution in [-0.2, 0) is 11.4 Å². The predicted molar refractivity (Wildman–Crippen MR) is 176 cm³/mol. The number of benzene rings is 3. The Labute approximate surface area is 266 Å². The molecule has 1 aliphatic rings. The number of ether oxygens (including phenoxy) is 2. The third kappa shape index (κ3) is 8.05. The van der Waals surface area contributed by atoms with E-state index in [9.17, 15) is 14.1 Å². The Morgan fingerprint density at radius 1 is 0.867 bits per heavy atom. The van der Waals surface area contributed by atoms with E-state index in [1.54, 1.807) is 31.5 Å². The van der Waals surface area contributed by atoms with Crippen LogP contribution in [0.3, 0.4) is 0 Å². The maximum atomic E-state index is 13.6. The Hall–Kier alpha value is -4.74. The summed E-state index contributed by atoms with van der Waals surface area (Å²) in [7, 11) is 3.02. The van der Waals surface area contributed by atoms with Crippen molar-refractivity contribution in [3.05, 3.63) is 96.2 Å². The Bertz CT molecular complexity index is 1630. The molecule has 1 saturated heterocycles. The van der Waals surface area contributed by atoms with Crippen molar-refractivity contribution < 1.29 is 23.6 Å². The van der Waals surface area contributed by atoms with Gasteiger partial charge < -0.3 is 29.6 Å². The summed E-state index contributed by atoms with van der Waals surface area (Å²) in [6.07, 6.45) is 4.79. The number of nitrogens with zero attached hydrogens (tertiary/aromatic N) is 2. The second kappa shape index (κ2) is 15.3. The number of amides is 2. The summed E-state index contributed by atoms with van der Waals surface area (Å²) in [6, 6.07) is 23.8. The van der Waals surface area contributed by atoms with E-state index in [0.717, 1.165) is 49.2 Å². The first-order chi connectivity index (χ1) is 22.0. The van der Waals surface area contributed by atoms with Crippen molar-refractivity contribution >= 4 is 34.6 Å². The molecule has 1 aliphatic heterocycles. The first-order valence-electron chi connectivity index (χ1n) is 14.8. The molecule has 11 heteroatoms. The SMILES string of the molecule is COc1ccc(-c2cccc(C(=O)N3CCCCC3)c2)cc1[S+]([O-])Nc1cccc(NCCNC(=O)c2cccnc2OC)c1. The van der Waals surface area contributed by atoms with Crippen molar-refractivity contribution in [3.8, 4) is 22.8 Å². The van der Waals surface area contributed by atoms with Crippen LogP contribution in [-0.4, -0.2) is 66.6 Å². The number of anilines is 2. The Morgan fingerprint density at radius 2 is 1.64 bits per heavy atom. The molecule has 5 rings (SSSR count). The van der Waals surface area contributed by atoms with Crippen LogP contribution < -0.4 is 24.8 Å². The topological polar surface area (TPSA) is 128 Å². The summed E-state index contributed by atoms with van der Waals surface area (Å²) in [5.41, 5.74) is 4.14. The first-order valence-corrected chi connectivity index (χ1v) is 16.0. The van der Waals surface area contributed by atoms with Gasteiger partial charge in [0.05, 0.1) is 19.9 Å². The Balaban J connectivity index is 1.22. The number of nitrogens with one attached hydrogen (secondary N) is 3. The lowest BCUT2D eigenvalue weighted by Crippen LogP contribution is -2.35. The highest BCUT2D eigenvalue weighted by molar-refractivity contribution is 7.92. The predicted octanol–water partition coefficient (Wildman–Crippen LogP) is 5.37. The lowest BCUT2D eigenvalue weighted by molar-refractivity contribution is 0.0724. The van der Waals surface area contributed by atoms with Crippen molar-refractivity contribution in [1.29, 1.82) is 0 Å². The molecule has 10 nitrogen and oxygen atoms in total. The van der Waals surface area contributed by atoms with E-state index in [0.29, 0.717) is 40.5 Å². The molecule has 3 aromatic carbocycles. The third-order valence-corrected chi connectivity index (χ3v) is 8.61. The van der Waals surface area contributed by atoms with Gasteiger partial charge in [-0.05, 0) is 78.9 Å². The average Bonchev–Trinajstić information content (AvgIpc) is 3.10. The maximum Gasteiger partial charge on any atom is 0.256 e. The summed E-state index contributed by atoms with van der Waals surface area (Å²) in [6.45, 7) is 2.41. The number of piperidine rings is 1. The van der Waals surface area contributed by atoms with E-state index in [1.165, 1.54) is 7.11 Å². The first kappa shape index (κ1) is 31.7. The Kier molecular flexibility index (Phi) is 10.8. The van der Waals surface area contributed by atoms with Crippen LogP contribution in [0.5, 0.6) is 11.6 Å². The van der Waals surface area contributed by atoms with Crippen LogP contribution in [0.2, 0.25) is 0 Å². The van der Waals surface area contributed by atoms with Crippen molar-refractivity contribution in [2.24, 2.45) is 0 Å². The molecule has 0 spiro atoms. The lowest BCUT2D eigenvalue weighted by Gasteiger charge is -2.26. The molecule has 2 amide bonds. The van der Waals surface area contributed by atoms with Gasteiger partial charge in [-0.15, -0.1) is 0 Å². The van der Waals surface area contributed by atoms with Gasteiger partial charge in [0.2, 0.25) is 10.8 Å². The molecule has 234 valence electrons. The standard InChI is InChI=1S/C34H37N5O5S/c1-43-30-15-14-25(24-9-6-10-26(21-24)34(41)39-19-4-3-5-20-39)22-31(30)45(42)38-28-12-7-11-27(23-28)35-17-18-36-32(40)29-13-8-16-37-33(29)44-2/h6-16,21-23,35,38H,3-5,17-20H2,1-2H3,(H,36,40). The fourth-order valence-corrected chi connectivity index (χ4v) is 6.19. The van der Waals surface area contributed by atoms with Gasteiger partial charge in [0.25, 0.3) is 11.8 Å². The van der Waals surface area contributed by atoms with Crippen LogP contribution in [0.15, 0.2) is 90.0 Å². The van der Waals surface area contributed by atoms with E-state index in [1.807, 2.05) is 65.6 Å². The molecule has 4 aromatic rings. The number of likely N-dealkylation sites (tertiary alicyclic amines) is 1. The second-order valence-electron chi connectivity index (χ2n) is 10.5. The maximum absolute atomic E-state index is 13.6. The number of rotatable bonds is 12. The molecule has 0 bridgehead atoms. The van der Waals surface area contributed by atoms with Crippen LogP contribution in [0.4, 0.5) is 11.4 Å². The van der Waals surface area contributed by atoms with Crippen LogP contribution in [0.1, 0.15) is 40.0 Å². The van der Waals surface area contributed by atoms with Gasteiger partial charge in [-0.2, -0.15) is 0 Å². The molecule has 1 fully saturated rings. The molecule has 3 N–H and O–H groups in total. The van der Waals surface area contributed by atoms with Gasteiger partial charge in [-0.25, -0.2) is 9.71 Å². The fourth-order valence-electron chi connectivity index (χ4n) is 5.17. The second-order valence-corrected chi connectivity index (χ2v) is 11.7. The molecule has 1 unspecified atom stereocenters. The smallest absolute Gasteiger partial charge is 0.256 e. The molecule has 0 saturated carbocycles. The molecule has 45 heavy (non-hydrogen) atoms. The number of pyridine rings is 1. The van der Waals surface area contributed by atoms with E-state index in [2.05, 4.69) is 20.3 Å². The van der Waals surface area contributed by atoms with Crippen LogP contribution in [0, 0.1) is 0 Å². The number of carbonyl (C=O) groups excluding carboxylic acids is 2. The van der Waals surface area contributed by atoms with Gasteiger partial charge in [0.15, 0.2) is 5.75 Å². The highest BCUT2D eigenvalue weighted by Gasteiger charge is 2.22. The van der Waals surface area contributed by atoms with Gasteiger partial charge in [-0.1, -0.05) is 24.3 Å². The third-order valence-electron chi connectivity index (χ3n) is 7.47. The summed E-state index contributed by atoms with van der Waals surface area (Å²) >= 11 is -1.65. The summed E-state index contributed by atoms with van der Waals surface area (Å²) in [5.74, 6) is 0.526. The van der Waals surface area contributed by atoms with E-state index >= 15 is 0 Å². The average molecular weight is 628 g/mol. The zero-order valence-corrected chi connectivity index (χ0v) is 26.2. The molecule has 0 aliphatic carbocycles. The van der Waals surface area contributed by atoms with E-state index < -0.39 is 11.4 Å². The normalized spacial score (nSPS) is 13.4. The molecular formula is C34H37N5O5S. The molecular weight excluding hydrogens is 590 g/mol. The molecule has 2 heterocycles. The quantitative estimate of drug-likeness (QED) is 0.141. The van der Waals surface area contributed by atoms with Crippen molar-refractivity contribution in [1.82, 2.24) is 15.2 Å². The van der Waals surface area contributed by atoms with Gasteiger partial charge in [0, 0.05) is 49.7 Å². The highest BCUT2D eigenvalue weighted by Crippen LogP contribution is 2.32. The fraction of sp³-hybridized carbons (Fsp3) is 0.265. The molecule has 0 radical (unpaired) electrons. The number of hydrogen-bond donors (Lipinski definition) is 3. The van der Waals surface area contributed by atoms with Crippen molar-refractivity contribution in [3.63, 3.8) is 0 Å². The lowest BCUT2D eigenvalue weighted by atomic mass is 10.0. The molecule has 1 atom stereocenters. The zero-order valence-electron chi connectivity index (χ0n) is 25.4. The van der Waals surface area contributed by atoms with Crippen molar-refractivity contribution in [2.45, 2.75) is 24.2 Å². The summed E-state index contributed by atoms with van der Waals surface area (Å²) < 4.78 is 27.3. The minimum absolute atomic E-state index is 0.0418. The molecule has 1 aromatic heterocycles. The summed E-state index contributed by atoms with van der Waals surface area (Å²) in [4.78, 5) is 32.0. The minimum Gasteiger partial charge on any atom is -0.588 e. The van der Waals surface area contributed by atoms with Gasteiger partial charge in [0.1, 0.15) is 16.9 Å². The van der Waals surface area contributed by atoms with Crippen molar-refractivity contribution in [2.75, 3.05) is 50.4 Å². The Morgan fingerprint density at radius 3 is 2.44 bits per heavy atom. The minimum atomic E-state index is -1.65. The summed E-state index contributed by atoms with van der Waals surface area (Å²) in [5, 5.41) is 6.12. The van der Waals surface area contributed by atoms with E-state index in [4.69, 9.17) is 9.47 Å². The highest BCUT2D eigenvalue weighted by atomic mass is 32.2. The monoisotopic (exact) mass is 627 g/mol. The van der Waals surface area contributed by atoms with Gasteiger partial charge >= 0.3 is 0 Å². The number of methoxy groups -OCH3 is 2. The number of hydrogen-bond acceptors (Lipinski definition) is 8.